The maximum absolute atomic E-state index is 6.13. The fourth-order valence-corrected chi connectivity index (χ4v) is 2.31. The molecule has 0 aliphatic rings. The summed E-state index contributed by atoms with van der Waals surface area (Å²) in [6, 6.07) is 0. The SMILES string of the molecule is CCCc1nc(-c2cn(C)nc2C(C)(C)C)c(N)n1N. The molecule has 0 aliphatic heterocycles. The number of aryl methyl sites for hydroxylation is 2. The molecule has 0 saturated heterocycles. The van der Waals surface area contributed by atoms with Crippen LogP contribution >= 0.6 is 0 Å². The Labute approximate surface area is 119 Å². The summed E-state index contributed by atoms with van der Waals surface area (Å²) in [6.45, 7) is 8.47. The molecule has 0 unspecified atom stereocenters. The topological polar surface area (TPSA) is 87.7 Å². The summed E-state index contributed by atoms with van der Waals surface area (Å²) >= 11 is 0. The van der Waals surface area contributed by atoms with E-state index in [4.69, 9.17) is 11.6 Å². The van der Waals surface area contributed by atoms with Gasteiger partial charge in [0.05, 0.1) is 5.69 Å². The van der Waals surface area contributed by atoms with E-state index in [0.717, 1.165) is 35.6 Å². The van der Waals surface area contributed by atoms with Gasteiger partial charge >= 0.3 is 0 Å². The van der Waals surface area contributed by atoms with E-state index < -0.39 is 0 Å². The Morgan fingerprint density at radius 3 is 2.50 bits per heavy atom. The minimum Gasteiger partial charge on any atom is -0.382 e. The van der Waals surface area contributed by atoms with Gasteiger partial charge in [-0.25, -0.2) is 9.66 Å². The number of aromatic nitrogens is 4. The number of hydrogen-bond acceptors (Lipinski definition) is 4. The molecule has 0 amide bonds. The second-order valence-corrected chi connectivity index (χ2v) is 6.20. The number of nitrogens with two attached hydrogens (primary N) is 2. The van der Waals surface area contributed by atoms with Gasteiger partial charge in [-0.2, -0.15) is 5.10 Å². The molecule has 0 spiro atoms. The van der Waals surface area contributed by atoms with E-state index in [1.807, 2.05) is 13.2 Å². The van der Waals surface area contributed by atoms with E-state index in [1.54, 1.807) is 4.68 Å². The lowest BCUT2D eigenvalue weighted by Crippen LogP contribution is -2.16. The number of rotatable bonds is 3. The molecular weight excluding hydrogens is 252 g/mol. The van der Waals surface area contributed by atoms with Crippen LogP contribution < -0.4 is 11.6 Å². The molecule has 6 heteroatoms. The lowest BCUT2D eigenvalue weighted by molar-refractivity contribution is 0.554. The molecule has 2 aromatic heterocycles. The Bertz CT molecular complexity index is 614. The van der Waals surface area contributed by atoms with Crippen molar-refractivity contribution in [2.24, 2.45) is 7.05 Å². The maximum atomic E-state index is 6.13. The van der Waals surface area contributed by atoms with Crippen LogP contribution in [0.4, 0.5) is 5.82 Å². The first-order chi connectivity index (χ1) is 9.25. The van der Waals surface area contributed by atoms with E-state index in [9.17, 15) is 0 Å². The number of imidazole rings is 1. The second-order valence-electron chi connectivity index (χ2n) is 6.20. The maximum Gasteiger partial charge on any atom is 0.150 e. The van der Waals surface area contributed by atoms with E-state index >= 15 is 0 Å². The minimum absolute atomic E-state index is 0.0771. The minimum atomic E-state index is -0.0771. The summed E-state index contributed by atoms with van der Waals surface area (Å²) in [7, 11) is 1.90. The van der Waals surface area contributed by atoms with Gasteiger partial charge in [-0.05, 0) is 6.42 Å². The van der Waals surface area contributed by atoms with Crippen LogP contribution in [0.1, 0.15) is 45.6 Å². The normalized spacial score (nSPS) is 12.1. The number of nitrogens with zero attached hydrogens (tertiary/aromatic N) is 4. The summed E-state index contributed by atoms with van der Waals surface area (Å²) in [5.41, 5.74) is 8.72. The molecule has 2 heterocycles. The van der Waals surface area contributed by atoms with Gasteiger partial charge in [0.1, 0.15) is 11.5 Å². The molecule has 20 heavy (non-hydrogen) atoms. The van der Waals surface area contributed by atoms with Gasteiger partial charge in [0.2, 0.25) is 0 Å². The van der Waals surface area contributed by atoms with Crippen LogP contribution in [0.3, 0.4) is 0 Å². The van der Waals surface area contributed by atoms with Gasteiger partial charge in [-0.1, -0.05) is 27.7 Å². The van der Waals surface area contributed by atoms with Crippen LogP contribution in [0, 0.1) is 0 Å². The Morgan fingerprint density at radius 2 is 1.95 bits per heavy atom. The van der Waals surface area contributed by atoms with Crippen LogP contribution in [0.25, 0.3) is 11.3 Å². The molecule has 0 aromatic carbocycles. The first kappa shape index (κ1) is 14.4. The van der Waals surface area contributed by atoms with Crippen molar-refractivity contribution < 1.29 is 0 Å². The number of hydrogen-bond donors (Lipinski definition) is 2. The van der Waals surface area contributed by atoms with Gasteiger partial charge in [0, 0.05) is 30.6 Å². The zero-order valence-electron chi connectivity index (χ0n) is 12.9. The van der Waals surface area contributed by atoms with Gasteiger partial charge in [0.15, 0.2) is 5.82 Å². The molecule has 0 saturated carbocycles. The molecule has 0 fully saturated rings. The zero-order valence-corrected chi connectivity index (χ0v) is 12.9. The molecule has 2 aromatic rings. The van der Waals surface area contributed by atoms with Crippen molar-refractivity contribution in [1.82, 2.24) is 19.4 Å². The summed E-state index contributed by atoms with van der Waals surface area (Å²) in [5.74, 6) is 7.30. The Hall–Kier alpha value is -1.98. The first-order valence-corrected chi connectivity index (χ1v) is 6.92. The third-order valence-corrected chi connectivity index (χ3v) is 3.29. The smallest absolute Gasteiger partial charge is 0.150 e. The average molecular weight is 276 g/mol. The van der Waals surface area contributed by atoms with Crippen LogP contribution in [-0.4, -0.2) is 19.4 Å². The van der Waals surface area contributed by atoms with Crippen LogP contribution in [0.5, 0.6) is 0 Å². The van der Waals surface area contributed by atoms with Crippen molar-refractivity contribution in [3.05, 3.63) is 17.7 Å². The van der Waals surface area contributed by atoms with Gasteiger partial charge in [-0.15, -0.1) is 0 Å². The van der Waals surface area contributed by atoms with E-state index in [-0.39, 0.29) is 5.41 Å². The Kier molecular flexibility index (Phi) is 3.50. The van der Waals surface area contributed by atoms with Crippen molar-refractivity contribution in [3.8, 4) is 11.3 Å². The highest BCUT2D eigenvalue weighted by molar-refractivity contribution is 5.73. The van der Waals surface area contributed by atoms with E-state index in [2.05, 4.69) is 37.8 Å². The largest absolute Gasteiger partial charge is 0.382 e. The van der Waals surface area contributed by atoms with Crippen LogP contribution in [0.15, 0.2) is 6.20 Å². The monoisotopic (exact) mass is 276 g/mol. The predicted molar refractivity (Wildman–Crippen MR) is 81.7 cm³/mol. The van der Waals surface area contributed by atoms with Crippen molar-refractivity contribution >= 4 is 5.82 Å². The fourth-order valence-electron chi connectivity index (χ4n) is 2.31. The summed E-state index contributed by atoms with van der Waals surface area (Å²) in [4.78, 5) is 4.62. The molecule has 0 aliphatic carbocycles. The molecule has 4 N–H and O–H groups in total. The van der Waals surface area contributed by atoms with E-state index in [1.165, 1.54) is 4.68 Å². The summed E-state index contributed by atoms with van der Waals surface area (Å²) in [5, 5.41) is 4.56. The highest BCUT2D eigenvalue weighted by Gasteiger charge is 2.26. The number of nitrogen functional groups attached to an aromatic ring is 2. The number of anilines is 1. The molecule has 110 valence electrons. The highest BCUT2D eigenvalue weighted by atomic mass is 15.4. The lowest BCUT2D eigenvalue weighted by atomic mass is 9.89. The third kappa shape index (κ3) is 2.37. The lowest BCUT2D eigenvalue weighted by Gasteiger charge is -2.16. The second kappa shape index (κ2) is 4.85. The van der Waals surface area contributed by atoms with E-state index in [0.29, 0.717) is 5.82 Å². The van der Waals surface area contributed by atoms with Crippen molar-refractivity contribution in [1.29, 1.82) is 0 Å². The zero-order chi connectivity index (χ0) is 15.1. The van der Waals surface area contributed by atoms with Gasteiger partial charge in [0.25, 0.3) is 0 Å². The quantitative estimate of drug-likeness (QED) is 0.837. The Balaban J connectivity index is 2.60. The van der Waals surface area contributed by atoms with Gasteiger partial charge < -0.3 is 11.6 Å². The molecule has 0 atom stereocenters. The molecule has 0 radical (unpaired) electrons. The van der Waals surface area contributed by atoms with Gasteiger partial charge in [-0.3, -0.25) is 4.68 Å². The first-order valence-electron chi connectivity index (χ1n) is 6.92. The standard InChI is InChI=1S/C14H24N6/c1-6-7-10-17-11(13(15)20(10)16)9-8-19(5)18-12(9)14(2,3)4/h8H,6-7,15-16H2,1-5H3. The molecule has 2 rings (SSSR count). The fraction of sp³-hybridized carbons (Fsp3) is 0.571. The predicted octanol–water partition coefficient (Wildman–Crippen LogP) is 1.83. The van der Waals surface area contributed by atoms with Crippen molar-refractivity contribution in [3.63, 3.8) is 0 Å². The van der Waals surface area contributed by atoms with Crippen molar-refractivity contribution in [2.45, 2.75) is 46.0 Å². The third-order valence-electron chi connectivity index (χ3n) is 3.29. The summed E-state index contributed by atoms with van der Waals surface area (Å²) < 4.78 is 3.28. The Morgan fingerprint density at radius 1 is 1.30 bits per heavy atom. The molecular formula is C14H24N6. The van der Waals surface area contributed by atoms with Crippen LogP contribution in [0.2, 0.25) is 0 Å². The van der Waals surface area contributed by atoms with Crippen molar-refractivity contribution in [2.75, 3.05) is 11.6 Å². The molecule has 0 bridgehead atoms. The summed E-state index contributed by atoms with van der Waals surface area (Å²) in [6.07, 6.45) is 3.74. The highest BCUT2D eigenvalue weighted by Crippen LogP contribution is 2.34. The molecule has 6 nitrogen and oxygen atoms in total. The van der Waals surface area contributed by atoms with Crippen LogP contribution in [-0.2, 0) is 18.9 Å². The average Bonchev–Trinajstić information content (AvgIpc) is 2.85.